The molecule has 0 spiro atoms. The summed E-state index contributed by atoms with van der Waals surface area (Å²) in [5, 5.41) is 3.92. The number of halogens is 1. The van der Waals surface area contributed by atoms with Gasteiger partial charge in [0.1, 0.15) is 11.9 Å². The molecule has 1 heterocycles. The van der Waals surface area contributed by atoms with Crippen molar-refractivity contribution in [3.05, 3.63) is 41.5 Å². The van der Waals surface area contributed by atoms with E-state index in [9.17, 15) is 0 Å². The Balaban J connectivity index is 0.00000200. The maximum atomic E-state index is 5.54. The van der Waals surface area contributed by atoms with E-state index < -0.39 is 0 Å². The van der Waals surface area contributed by atoms with Gasteiger partial charge in [-0.3, -0.25) is 0 Å². The van der Waals surface area contributed by atoms with Gasteiger partial charge in [0.05, 0.1) is 7.11 Å². The molecule has 0 aliphatic heterocycles. The number of aromatic nitrogens is 2. The molecule has 2 aromatic rings. The molecule has 110 valence electrons. The number of nitrogens with zero attached hydrogens (tertiary/aromatic N) is 2. The molecule has 1 aromatic heterocycles. The third-order valence-corrected chi connectivity index (χ3v) is 2.78. The molecule has 0 radical (unpaired) electrons. The van der Waals surface area contributed by atoms with Crippen molar-refractivity contribution in [2.75, 3.05) is 20.8 Å². The van der Waals surface area contributed by atoms with E-state index in [4.69, 9.17) is 19.7 Å². The van der Waals surface area contributed by atoms with E-state index >= 15 is 0 Å². The standard InChI is InChI=1S/C13H17N3O3.ClH/c1-17-10-5-3-9(4-6-10)7-12-15-13(19-16-12)11(8-14)18-2;/h3-6,11H,7-8,14H2,1-2H3;1H. The molecule has 0 aliphatic carbocycles. The molecule has 20 heavy (non-hydrogen) atoms. The molecular weight excluding hydrogens is 282 g/mol. The smallest absolute Gasteiger partial charge is 0.257 e. The summed E-state index contributed by atoms with van der Waals surface area (Å²) in [4.78, 5) is 4.28. The van der Waals surface area contributed by atoms with Crippen molar-refractivity contribution < 1.29 is 14.0 Å². The molecule has 0 saturated carbocycles. The first kappa shape index (κ1) is 16.4. The topological polar surface area (TPSA) is 83.4 Å². The van der Waals surface area contributed by atoms with Crippen LogP contribution < -0.4 is 10.5 Å². The van der Waals surface area contributed by atoms with Crippen LogP contribution in [-0.2, 0) is 11.2 Å². The first-order valence-corrected chi connectivity index (χ1v) is 5.95. The Morgan fingerprint density at radius 3 is 2.50 bits per heavy atom. The molecule has 1 atom stereocenters. The van der Waals surface area contributed by atoms with Gasteiger partial charge in [0, 0.05) is 20.1 Å². The van der Waals surface area contributed by atoms with Crippen LogP contribution in [-0.4, -0.2) is 30.9 Å². The minimum atomic E-state index is -0.350. The van der Waals surface area contributed by atoms with Gasteiger partial charge in [-0.05, 0) is 17.7 Å². The van der Waals surface area contributed by atoms with Crippen LogP contribution in [0.4, 0.5) is 0 Å². The summed E-state index contributed by atoms with van der Waals surface area (Å²) < 4.78 is 15.4. The minimum Gasteiger partial charge on any atom is -0.497 e. The lowest BCUT2D eigenvalue weighted by Gasteiger charge is -2.05. The fraction of sp³-hybridized carbons (Fsp3) is 0.385. The van der Waals surface area contributed by atoms with Crippen LogP contribution in [0.5, 0.6) is 5.75 Å². The van der Waals surface area contributed by atoms with Crippen molar-refractivity contribution in [1.29, 1.82) is 0 Å². The predicted molar refractivity (Wildman–Crippen MR) is 76.2 cm³/mol. The van der Waals surface area contributed by atoms with E-state index in [2.05, 4.69) is 10.1 Å². The van der Waals surface area contributed by atoms with Crippen LogP contribution in [0.25, 0.3) is 0 Å². The largest absolute Gasteiger partial charge is 0.497 e. The van der Waals surface area contributed by atoms with Gasteiger partial charge >= 0.3 is 0 Å². The summed E-state index contributed by atoms with van der Waals surface area (Å²) in [5.74, 6) is 1.84. The van der Waals surface area contributed by atoms with E-state index in [1.54, 1.807) is 14.2 Å². The highest BCUT2D eigenvalue weighted by atomic mass is 35.5. The first-order chi connectivity index (χ1) is 9.26. The van der Waals surface area contributed by atoms with Crippen LogP contribution in [0.3, 0.4) is 0 Å². The van der Waals surface area contributed by atoms with E-state index in [0.717, 1.165) is 11.3 Å². The second-order valence-corrected chi connectivity index (χ2v) is 4.03. The Morgan fingerprint density at radius 2 is 1.95 bits per heavy atom. The average molecular weight is 300 g/mol. The lowest BCUT2D eigenvalue weighted by Crippen LogP contribution is -2.14. The number of hydrogen-bond acceptors (Lipinski definition) is 6. The molecule has 2 N–H and O–H groups in total. The number of rotatable bonds is 6. The third-order valence-electron chi connectivity index (χ3n) is 2.78. The molecule has 0 fully saturated rings. The molecule has 0 bridgehead atoms. The maximum absolute atomic E-state index is 5.54. The van der Waals surface area contributed by atoms with Gasteiger partial charge in [0.15, 0.2) is 5.82 Å². The van der Waals surface area contributed by atoms with Crippen molar-refractivity contribution in [3.8, 4) is 5.75 Å². The lowest BCUT2D eigenvalue weighted by atomic mass is 10.1. The average Bonchev–Trinajstić information content (AvgIpc) is 2.89. The summed E-state index contributed by atoms with van der Waals surface area (Å²) >= 11 is 0. The van der Waals surface area contributed by atoms with Crippen molar-refractivity contribution >= 4 is 12.4 Å². The van der Waals surface area contributed by atoms with Gasteiger partial charge in [0.25, 0.3) is 5.89 Å². The highest BCUT2D eigenvalue weighted by Gasteiger charge is 2.16. The maximum Gasteiger partial charge on any atom is 0.257 e. The van der Waals surface area contributed by atoms with Gasteiger partial charge in [-0.1, -0.05) is 17.3 Å². The van der Waals surface area contributed by atoms with Crippen molar-refractivity contribution in [2.45, 2.75) is 12.5 Å². The van der Waals surface area contributed by atoms with Gasteiger partial charge < -0.3 is 19.7 Å². The fourth-order valence-electron chi connectivity index (χ4n) is 1.69. The Hall–Kier alpha value is -1.63. The molecule has 2 rings (SSSR count). The number of benzene rings is 1. The third kappa shape index (κ3) is 3.93. The van der Waals surface area contributed by atoms with Crippen molar-refractivity contribution in [1.82, 2.24) is 10.1 Å². The Morgan fingerprint density at radius 1 is 1.25 bits per heavy atom. The zero-order valence-corrected chi connectivity index (χ0v) is 12.2. The summed E-state index contributed by atoms with van der Waals surface area (Å²) in [7, 11) is 3.20. The van der Waals surface area contributed by atoms with E-state index in [-0.39, 0.29) is 18.5 Å². The molecular formula is C13H18ClN3O3. The number of ether oxygens (including phenoxy) is 2. The Labute approximate surface area is 123 Å². The molecule has 7 heteroatoms. The van der Waals surface area contributed by atoms with Gasteiger partial charge in [-0.15, -0.1) is 12.4 Å². The second-order valence-electron chi connectivity index (χ2n) is 4.03. The normalized spacial score (nSPS) is 11.8. The van der Waals surface area contributed by atoms with Crippen LogP contribution in [0.1, 0.15) is 23.4 Å². The Kier molecular flexibility index (Phi) is 6.44. The zero-order valence-electron chi connectivity index (χ0n) is 11.4. The fourth-order valence-corrected chi connectivity index (χ4v) is 1.69. The van der Waals surface area contributed by atoms with Crippen LogP contribution in [0.2, 0.25) is 0 Å². The lowest BCUT2D eigenvalue weighted by molar-refractivity contribution is 0.0804. The highest BCUT2D eigenvalue weighted by Crippen LogP contribution is 2.16. The summed E-state index contributed by atoms with van der Waals surface area (Å²) in [6.07, 6.45) is 0.242. The molecule has 6 nitrogen and oxygen atoms in total. The second kappa shape index (κ2) is 7.84. The van der Waals surface area contributed by atoms with Gasteiger partial charge in [-0.2, -0.15) is 4.98 Å². The predicted octanol–water partition coefficient (Wildman–Crippen LogP) is 1.74. The quantitative estimate of drug-likeness (QED) is 0.874. The molecule has 1 unspecified atom stereocenters. The first-order valence-electron chi connectivity index (χ1n) is 5.95. The molecule has 1 aromatic carbocycles. The van der Waals surface area contributed by atoms with Gasteiger partial charge in [-0.25, -0.2) is 0 Å². The van der Waals surface area contributed by atoms with E-state index in [0.29, 0.717) is 24.7 Å². The van der Waals surface area contributed by atoms with Crippen molar-refractivity contribution in [3.63, 3.8) is 0 Å². The zero-order chi connectivity index (χ0) is 13.7. The van der Waals surface area contributed by atoms with Crippen LogP contribution in [0.15, 0.2) is 28.8 Å². The monoisotopic (exact) mass is 299 g/mol. The summed E-state index contributed by atoms with van der Waals surface area (Å²) in [5.41, 5.74) is 6.62. The molecule has 0 aliphatic rings. The van der Waals surface area contributed by atoms with Crippen LogP contribution >= 0.6 is 12.4 Å². The van der Waals surface area contributed by atoms with Crippen molar-refractivity contribution in [2.24, 2.45) is 5.73 Å². The highest BCUT2D eigenvalue weighted by molar-refractivity contribution is 5.85. The minimum absolute atomic E-state index is 0. The molecule has 0 saturated heterocycles. The number of methoxy groups -OCH3 is 2. The summed E-state index contributed by atoms with van der Waals surface area (Å²) in [6.45, 7) is 0.306. The molecule has 0 amide bonds. The number of nitrogens with two attached hydrogens (primary N) is 1. The van der Waals surface area contributed by atoms with Gasteiger partial charge in [0.2, 0.25) is 0 Å². The van der Waals surface area contributed by atoms with E-state index in [1.807, 2.05) is 24.3 Å². The SMILES string of the molecule is COc1ccc(Cc2noc(C(CN)OC)n2)cc1.Cl. The number of hydrogen-bond donors (Lipinski definition) is 1. The summed E-state index contributed by atoms with van der Waals surface area (Å²) in [6, 6.07) is 7.72. The Bertz CT molecular complexity index is 512. The van der Waals surface area contributed by atoms with Crippen LogP contribution in [0, 0.1) is 0 Å². The van der Waals surface area contributed by atoms with E-state index in [1.165, 1.54) is 0 Å².